The molecule has 0 spiro atoms. The minimum Gasteiger partial charge on any atom is -0.386 e. The molecule has 1 heterocycles. The summed E-state index contributed by atoms with van der Waals surface area (Å²) < 4.78 is 0. The minimum atomic E-state index is -0.494. The van der Waals surface area contributed by atoms with Gasteiger partial charge in [0.05, 0.1) is 0 Å². The van der Waals surface area contributed by atoms with Crippen LogP contribution in [-0.2, 0) is 0 Å². The third-order valence-electron chi connectivity index (χ3n) is 2.73. The summed E-state index contributed by atoms with van der Waals surface area (Å²) in [7, 11) is 0. The van der Waals surface area contributed by atoms with Gasteiger partial charge in [-0.3, -0.25) is 0 Å². The number of rotatable bonds is 3. The third kappa shape index (κ3) is 2.66. The van der Waals surface area contributed by atoms with Crippen molar-refractivity contribution in [2.24, 2.45) is 11.7 Å². The fraction of sp³-hybridized carbons (Fsp3) is 0.778. The molecule has 1 saturated carbocycles. The molecule has 1 fully saturated rings. The number of nitrogens with two attached hydrogens (primary N) is 1. The molecule has 6 heteroatoms. The molecule has 1 aliphatic carbocycles. The largest absolute Gasteiger partial charge is 0.386 e. The first-order valence-corrected chi connectivity index (χ1v) is 5.73. The third-order valence-corrected chi connectivity index (χ3v) is 3.99. The number of hydrogen-bond donors (Lipinski definition) is 2. The number of aliphatic hydroxyl groups excluding tert-OH is 1. The zero-order chi connectivity index (χ0) is 10.1. The van der Waals surface area contributed by atoms with E-state index in [1.54, 1.807) is 6.92 Å². The average Bonchev–Trinajstić information content (AvgIpc) is 2.51. The summed E-state index contributed by atoms with van der Waals surface area (Å²) in [4.78, 5) is 0. The highest BCUT2D eigenvalue weighted by atomic mass is 35.5. The number of halogens is 1. The van der Waals surface area contributed by atoms with E-state index < -0.39 is 6.10 Å². The first-order valence-electron chi connectivity index (χ1n) is 4.92. The summed E-state index contributed by atoms with van der Waals surface area (Å²) in [6.45, 7) is 2.49. The summed E-state index contributed by atoms with van der Waals surface area (Å²) >= 11 is 1.52. The Morgan fingerprint density at radius 2 is 2.20 bits per heavy atom. The van der Waals surface area contributed by atoms with Gasteiger partial charge in [-0.2, -0.15) is 0 Å². The van der Waals surface area contributed by atoms with Gasteiger partial charge in [0.15, 0.2) is 0 Å². The monoisotopic (exact) mass is 249 g/mol. The van der Waals surface area contributed by atoms with Crippen LogP contribution in [0.3, 0.4) is 0 Å². The summed E-state index contributed by atoms with van der Waals surface area (Å²) in [6.07, 6.45) is 1.77. The molecule has 3 N–H and O–H groups in total. The van der Waals surface area contributed by atoms with Crippen molar-refractivity contribution in [3.8, 4) is 0 Å². The molecule has 0 aromatic carbocycles. The second-order valence-corrected chi connectivity index (χ2v) is 4.97. The predicted molar refractivity (Wildman–Crippen MR) is 62.3 cm³/mol. The summed E-state index contributed by atoms with van der Waals surface area (Å²) in [6, 6.07) is 0. The van der Waals surface area contributed by atoms with Gasteiger partial charge in [-0.25, -0.2) is 0 Å². The molecule has 1 aromatic rings. The lowest BCUT2D eigenvalue weighted by molar-refractivity contribution is 0.198. The molecular weight excluding hydrogens is 234 g/mol. The molecule has 0 saturated heterocycles. The van der Waals surface area contributed by atoms with E-state index in [0.717, 1.165) is 29.4 Å². The van der Waals surface area contributed by atoms with Crippen LogP contribution in [0.15, 0.2) is 0 Å². The van der Waals surface area contributed by atoms with E-state index in [1.165, 1.54) is 11.3 Å². The van der Waals surface area contributed by atoms with E-state index >= 15 is 0 Å². The highest BCUT2D eigenvalue weighted by Gasteiger charge is 2.31. The van der Waals surface area contributed by atoms with Crippen LogP contribution in [0.5, 0.6) is 0 Å². The second-order valence-electron chi connectivity index (χ2n) is 3.92. The zero-order valence-corrected chi connectivity index (χ0v) is 10.2. The molecule has 1 atom stereocenters. The Morgan fingerprint density at radius 3 is 2.67 bits per heavy atom. The van der Waals surface area contributed by atoms with Crippen molar-refractivity contribution in [2.75, 3.05) is 6.54 Å². The molecule has 86 valence electrons. The Labute approximate surface area is 99.3 Å². The van der Waals surface area contributed by atoms with Crippen LogP contribution in [0.4, 0.5) is 0 Å². The maximum atomic E-state index is 9.30. The number of hydrogen-bond acceptors (Lipinski definition) is 5. The molecule has 1 aliphatic rings. The number of nitrogens with zero attached hydrogens (tertiary/aromatic N) is 2. The summed E-state index contributed by atoms with van der Waals surface area (Å²) in [5, 5.41) is 19.1. The van der Waals surface area contributed by atoms with Crippen LogP contribution < -0.4 is 5.73 Å². The van der Waals surface area contributed by atoms with Crippen molar-refractivity contribution in [1.29, 1.82) is 0 Å². The van der Waals surface area contributed by atoms with Crippen molar-refractivity contribution in [1.82, 2.24) is 10.2 Å². The summed E-state index contributed by atoms with van der Waals surface area (Å²) in [5.41, 5.74) is 5.55. The molecule has 15 heavy (non-hydrogen) atoms. The Kier molecular flexibility index (Phi) is 4.45. The van der Waals surface area contributed by atoms with Crippen LogP contribution in [0.25, 0.3) is 0 Å². The number of aliphatic hydroxyl groups is 1. The van der Waals surface area contributed by atoms with E-state index in [-0.39, 0.29) is 12.4 Å². The van der Waals surface area contributed by atoms with Crippen LogP contribution in [-0.4, -0.2) is 21.8 Å². The van der Waals surface area contributed by atoms with Gasteiger partial charge in [-0.05, 0) is 32.2 Å². The first-order chi connectivity index (χ1) is 6.70. The van der Waals surface area contributed by atoms with E-state index in [9.17, 15) is 5.11 Å². The molecular formula is C9H16ClN3OS. The molecule has 0 amide bonds. The normalized spacial score (nSPS) is 26.6. The van der Waals surface area contributed by atoms with E-state index in [0.29, 0.717) is 11.8 Å². The van der Waals surface area contributed by atoms with Crippen molar-refractivity contribution < 1.29 is 5.11 Å². The molecule has 1 aromatic heterocycles. The van der Waals surface area contributed by atoms with Crippen LogP contribution in [0, 0.1) is 5.92 Å². The molecule has 1 unspecified atom stereocenters. The quantitative estimate of drug-likeness (QED) is 0.851. The molecule has 0 aliphatic heterocycles. The smallest absolute Gasteiger partial charge is 0.145 e. The Bertz CT molecular complexity index is 312. The predicted octanol–water partition coefficient (Wildman–Crippen LogP) is 1.47. The van der Waals surface area contributed by atoms with Crippen molar-refractivity contribution in [3.63, 3.8) is 0 Å². The van der Waals surface area contributed by atoms with Crippen molar-refractivity contribution in [3.05, 3.63) is 10.0 Å². The van der Waals surface area contributed by atoms with E-state index in [1.807, 2.05) is 0 Å². The first kappa shape index (κ1) is 12.8. The topological polar surface area (TPSA) is 72.0 Å². The standard InChI is InChI=1S/C9H15N3OS.ClH/c1-5(13)8-11-12-9(14-8)7-2-6(3-7)4-10;/h5-7,13H,2-4,10H2,1H3;1H/t5?,6-,7-;. The van der Waals surface area contributed by atoms with Crippen molar-refractivity contribution in [2.45, 2.75) is 31.8 Å². The maximum absolute atomic E-state index is 9.30. The van der Waals surface area contributed by atoms with Crippen LogP contribution in [0.2, 0.25) is 0 Å². The summed E-state index contributed by atoms with van der Waals surface area (Å²) in [5.74, 6) is 1.20. The Hall–Kier alpha value is -0.230. The highest BCUT2D eigenvalue weighted by molar-refractivity contribution is 7.11. The van der Waals surface area contributed by atoms with Crippen molar-refractivity contribution >= 4 is 23.7 Å². The van der Waals surface area contributed by atoms with Gasteiger partial charge < -0.3 is 10.8 Å². The van der Waals surface area contributed by atoms with Gasteiger partial charge >= 0.3 is 0 Å². The second kappa shape index (κ2) is 5.21. The SMILES string of the molecule is CC(O)c1nnc([C@H]2C[C@H](CN)C2)s1.Cl. The molecule has 2 rings (SSSR count). The minimum absolute atomic E-state index is 0. The molecule has 0 radical (unpaired) electrons. The molecule has 0 bridgehead atoms. The van der Waals surface area contributed by atoms with Gasteiger partial charge in [0.1, 0.15) is 16.1 Å². The highest BCUT2D eigenvalue weighted by Crippen LogP contribution is 2.42. The van der Waals surface area contributed by atoms with E-state index in [4.69, 9.17) is 5.73 Å². The van der Waals surface area contributed by atoms with E-state index in [2.05, 4.69) is 10.2 Å². The lowest BCUT2D eigenvalue weighted by Crippen LogP contribution is -2.28. The van der Waals surface area contributed by atoms with Crippen LogP contribution in [0.1, 0.15) is 41.8 Å². The fourth-order valence-corrected chi connectivity index (χ4v) is 2.62. The Morgan fingerprint density at radius 1 is 1.53 bits per heavy atom. The van der Waals surface area contributed by atoms with Gasteiger partial charge in [-0.15, -0.1) is 22.6 Å². The van der Waals surface area contributed by atoms with Gasteiger partial charge in [0.25, 0.3) is 0 Å². The lowest BCUT2D eigenvalue weighted by atomic mass is 9.75. The average molecular weight is 250 g/mol. The van der Waals surface area contributed by atoms with Gasteiger partial charge in [0.2, 0.25) is 0 Å². The van der Waals surface area contributed by atoms with Gasteiger partial charge in [-0.1, -0.05) is 11.3 Å². The van der Waals surface area contributed by atoms with Crippen LogP contribution >= 0.6 is 23.7 Å². The number of aromatic nitrogens is 2. The van der Waals surface area contributed by atoms with Gasteiger partial charge in [0, 0.05) is 5.92 Å². The zero-order valence-electron chi connectivity index (χ0n) is 8.59. The fourth-order valence-electron chi connectivity index (χ4n) is 1.71. The maximum Gasteiger partial charge on any atom is 0.145 e. The lowest BCUT2D eigenvalue weighted by Gasteiger charge is -2.32. The molecule has 4 nitrogen and oxygen atoms in total. The Balaban J connectivity index is 0.00000112.